The van der Waals surface area contributed by atoms with Crippen molar-refractivity contribution in [3.63, 3.8) is 0 Å². The van der Waals surface area contributed by atoms with Crippen molar-refractivity contribution in [2.75, 3.05) is 0 Å². The highest BCUT2D eigenvalue weighted by molar-refractivity contribution is 6.08. The van der Waals surface area contributed by atoms with E-state index in [1.165, 1.54) is 0 Å². The number of aliphatic hydroxyl groups is 1. The summed E-state index contributed by atoms with van der Waals surface area (Å²) in [5.41, 5.74) is 1.29. The fraction of sp³-hybridized carbons (Fsp3) is 0.316. The molecule has 0 heterocycles. The zero-order valence-electron chi connectivity index (χ0n) is 12.5. The van der Waals surface area contributed by atoms with Crippen LogP contribution in [0.3, 0.4) is 0 Å². The molecule has 1 saturated carbocycles. The fourth-order valence-electron chi connectivity index (χ4n) is 2.86. The van der Waals surface area contributed by atoms with Crippen LogP contribution in [-0.2, 0) is 0 Å². The molecule has 2 aromatic carbocycles. The van der Waals surface area contributed by atoms with Crippen LogP contribution in [0.15, 0.2) is 54.6 Å². The number of hydrogen-bond acceptors (Lipinski definition) is 3. The Morgan fingerprint density at radius 3 is 2.09 bits per heavy atom. The van der Waals surface area contributed by atoms with E-state index in [9.17, 15) is 9.90 Å². The van der Waals surface area contributed by atoms with E-state index in [1.807, 2.05) is 18.2 Å². The van der Waals surface area contributed by atoms with Crippen LogP contribution in [-0.4, -0.2) is 16.7 Å². The molecule has 1 N–H and O–H groups in total. The minimum atomic E-state index is -1.05. The molecule has 1 aliphatic carbocycles. The second kappa shape index (κ2) is 6.32. The van der Waals surface area contributed by atoms with Crippen LogP contribution in [0.4, 0.5) is 0 Å². The van der Waals surface area contributed by atoms with Crippen molar-refractivity contribution in [3.05, 3.63) is 65.7 Å². The van der Waals surface area contributed by atoms with Crippen molar-refractivity contribution < 1.29 is 14.6 Å². The Hall–Kier alpha value is -2.13. The molecule has 0 bridgehead atoms. The van der Waals surface area contributed by atoms with Gasteiger partial charge in [-0.1, -0.05) is 36.8 Å². The summed E-state index contributed by atoms with van der Waals surface area (Å²) in [7, 11) is 0. The summed E-state index contributed by atoms with van der Waals surface area (Å²) in [5.74, 6) is -0.457. The Kier molecular flexibility index (Phi) is 4.25. The van der Waals surface area contributed by atoms with E-state index in [0.29, 0.717) is 29.7 Å². The van der Waals surface area contributed by atoms with Gasteiger partial charge in [-0.2, -0.15) is 0 Å². The van der Waals surface area contributed by atoms with Gasteiger partial charge in [0.2, 0.25) is 5.79 Å². The average Bonchev–Trinajstić information content (AvgIpc) is 2.56. The number of carbonyl (C=O) groups is 1. The molecule has 0 amide bonds. The smallest absolute Gasteiger partial charge is 0.208 e. The van der Waals surface area contributed by atoms with Gasteiger partial charge in [0.15, 0.2) is 5.78 Å². The molecule has 0 radical (unpaired) electrons. The highest BCUT2D eigenvalue weighted by Crippen LogP contribution is 2.31. The lowest BCUT2D eigenvalue weighted by Gasteiger charge is -2.32. The van der Waals surface area contributed by atoms with Crippen molar-refractivity contribution in [1.29, 1.82) is 0 Å². The number of benzene rings is 2. The fourth-order valence-corrected chi connectivity index (χ4v) is 2.86. The summed E-state index contributed by atoms with van der Waals surface area (Å²) in [5, 5.41) is 10.4. The molecule has 3 nitrogen and oxygen atoms in total. The maximum absolute atomic E-state index is 12.3. The van der Waals surface area contributed by atoms with Gasteiger partial charge in [-0.25, -0.2) is 0 Å². The Morgan fingerprint density at radius 2 is 1.45 bits per heavy atom. The average molecular weight is 296 g/mol. The van der Waals surface area contributed by atoms with Gasteiger partial charge in [-0.3, -0.25) is 4.79 Å². The highest BCUT2D eigenvalue weighted by atomic mass is 16.6. The molecule has 0 saturated heterocycles. The van der Waals surface area contributed by atoms with Gasteiger partial charge in [0.05, 0.1) is 0 Å². The van der Waals surface area contributed by atoms with Gasteiger partial charge < -0.3 is 9.84 Å². The third kappa shape index (κ3) is 3.37. The molecule has 0 aliphatic heterocycles. The first-order chi connectivity index (χ1) is 10.7. The molecule has 1 fully saturated rings. The van der Waals surface area contributed by atoms with Crippen molar-refractivity contribution in [3.8, 4) is 5.75 Å². The van der Waals surface area contributed by atoms with E-state index < -0.39 is 5.79 Å². The lowest BCUT2D eigenvalue weighted by Crippen LogP contribution is -2.37. The van der Waals surface area contributed by atoms with Crippen molar-refractivity contribution in [2.24, 2.45) is 0 Å². The van der Waals surface area contributed by atoms with Crippen LogP contribution in [0.2, 0.25) is 0 Å². The zero-order valence-corrected chi connectivity index (χ0v) is 12.5. The number of ketones is 1. The maximum Gasteiger partial charge on any atom is 0.208 e. The van der Waals surface area contributed by atoms with E-state index >= 15 is 0 Å². The molecular formula is C19H20O3. The SMILES string of the molecule is O=C(c1ccccc1)c1ccc(OC2(O)CCCCC2)cc1. The largest absolute Gasteiger partial charge is 0.463 e. The van der Waals surface area contributed by atoms with E-state index in [2.05, 4.69) is 0 Å². The molecule has 3 heteroatoms. The van der Waals surface area contributed by atoms with Gasteiger partial charge in [0.25, 0.3) is 0 Å². The summed E-state index contributed by atoms with van der Waals surface area (Å²) in [6.07, 6.45) is 4.45. The van der Waals surface area contributed by atoms with Crippen LogP contribution in [0.1, 0.15) is 48.0 Å². The van der Waals surface area contributed by atoms with Crippen molar-refractivity contribution in [1.82, 2.24) is 0 Å². The Labute approximate surface area is 130 Å². The predicted octanol–water partition coefficient (Wildman–Crippen LogP) is 3.95. The summed E-state index contributed by atoms with van der Waals surface area (Å²) in [4.78, 5) is 12.3. The third-order valence-electron chi connectivity index (χ3n) is 4.10. The topological polar surface area (TPSA) is 46.5 Å². The normalized spacial score (nSPS) is 17.0. The zero-order chi connectivity index (χ0) is 15.4. The lowest BCUT2D eigenvalue weighted by atomic mass is 9.94. The number of ether oxygens (including phenoxy) is 1. The summed E-state index contributed by atoms with van der Waals surface area (Å²) < 4.78 is 5.73. The lowest BCUT2D eigenvalue weighted by molar-refractivity contribution is -0.158. The second-order valence-corrected chi connectivity index (χ2v) is 5.83. The summed E-state index contributed by atoms with van der Waals surface area (Å²) >= 11 is 0. The van der Waals surface area contributed by atoms with Crippen LogP contribution < -0.4 is 4.74 Å². The second-order valence-electron chi connectivity index (χ2n) is 5.83. The monoisotopic (exact) mass is 296 g/mol. The molecule has 0 atom stereocenters. The van der Waals surface area contributed by atoms with E-state index in [0.717, 1.165) is 19.3 Å². The minimum absolute atomic E-state index is 0.0106. The third-order valence-corrected chi connectivity index (χ3v) is 4.10. The molecule has 2 aromatic rings. The molecule has 0 unspecified atom stereocenters. The number of carbonyl (C=O) groups excluding carboxylic acids is 1. The van der Waals surface area contributed by atoms with Gasteiger partial charge in [0.1, 0.15) is 5.75 Å². The Morgan fingerprint density at radius 1 is 0.864 bits per heavy atom. The molecular weight excluding hydrogens is 276 g/mol. The molecule has 3 rings (SSSR count). The first-order valence-corrected chi connectivity index (χ1v) is 7.78. The van der Waals surface area contributed by atoms with Crippen LogP contribution in [0, 0.1) is 0 Å². The predicted molar refractivity (Wildman–Crippen MR) is 85.0 cm³/mol. The number of rotatable bonds is 4. The van der Waals surface area contributed by atoms with Gasteiger partial charge in [-0.05, 0) is 37.1 Å². The molecule has 0 aromatic heterocycles. The van der Waals surface area contributed by atoms with E-state index in [4.69, 9.17) is 4.74 Å². The van der Waals surface area contributed by atoms with Crippen molar-refractivity contribution >= 4 is 5.78 Å². The quantitative estimate of drug-likeness (QED) is 0.686. The molecule has 114 valence electrons. The maximum atomic E-state index is 12.3. The molecule has 22 heavy (non-hydrogen) atoms. The van der Waals surface area contributed by atoms with Crippen LogP contribution in [0.5, 0.6) is 5.75 Å². The van der Waals surface area contributed by atoms with E-state index in [1.54, 1.807) is 36.4 Å². The highest BCUT2D eigenvalue weighted by Gasteiger charge is 2.31. The Bertz CT molecular complexity index is 625. The van der Waals surface area contributed by atoms with Gasteiger partial charge in [-0.15, -0.1) is 0 Å². The minimum Gasteiger partial charge on any atom is -0.463 e. The van der Waals surface area contributed by atoms with Crippen LogP contribution >= 0.6 is 0 Å². The first-order valence-electron chi connectivity index (χ1n) is 7.78. The van der Waals surface area contributed by atoms with Gasteiger partial charge in [0, 0.05) is 24.0 Å². The molecule has 0 spiro atoms. The summed E-state index contributed by atoms with van der Waals surface area (Å²) in [6, 6.07) is 16.2. The van der Waals surface area contributed by atoms with Gasteiger partial charge >= 0.3 is 0 Å². The number of hydrogen-bond donors (Lipinski definition) is 1. The van der Waals surface area contributed by atoms with Crippen LogP contribution in [0.25, 0.3) is 0 Å². The molecule has 1 aliphatic rings. The standard InChI is InChI=1S/C19H20O3/c20-18(15-7-3-1-4-8-15)16-9-11-17(12-10-16)22-19(21)13-5-2-6-14-19/h1,3-4,7-12,21H,2,5-6,13-14H2. The summed E-state index contributed by atoms with van der Waals surface area (Å²) in [6.45, 7) is 0. The first kappa shape index (κ1) is 14.8. The van der Waals surface area contributed by atoms with Crippen molar-refractivity contribution in [2.45, 2.75) is 37.9 Å². The Balaban J connectivity index is 1.71. The van der Waals surface area contributed by atoms with E-state index in [-0.39, 0.29) is 5.78 Å².